The van der Waals surface area contributed by atoms with Gasteiger partial charge >= 0.3 is 6.03 Å². The van der Waals surface area contributed by atoms with Gasteiger partial charge in [-0.15, -0.1) is 0 Å². The number of halogens is 1. The average molecular weight is 405 g/mol. The highest BCUT2D eigenvalue weighted by molar-refractivity contribution is 7.84. The van der Waals surface area contributed by atoms with Gasteiger partial charge in [0, 0.05) is 24.7 Å². The van der Waals surface area contributed by atoms with Gasteiger partial charge in [-0.25, -0.2) is 9.18 Å². The number of amides is 3. The summed E-state index contributed by atoms with van der Waals surface area (Å²) < 4.78 is 25.3. The molecule has 0 spiro atoms. The van der Waals surface area contributed by atoms with Crippen LogP contribution >= 0.6 is 0 Å². The molecular formula is C20H24FN3O3S. The van der Waals surface area contributed by atoms with E-state index in [1.165, 1.54) is 30.3 Å². The Kier molecular flexibility index (Phi) is 6.90. The maximum Gasteiger partial charge on any atom is 0.322 e. The van der Waals surface area contributed by atoms with Crippen LogP contribution in [0.3, 0.4) is 0 Å². The number of nitrogens with one attached hydrogen (secondary N) is 2. The molecule has 0 fully saturated rings. The molecule has 0 aliphatic carbocycles. The molecule has 28 heavy (non-hydrogen) atoms. The highest BCUT2D eigenvalue weighted by Crippen LogP contribution is 2.22. The van der Waals surface area contributed by atoms with Gasteiger partial charge in [0.15, 0.2) is 0 Å². The largest absolute Gasteiger partial charge is 0.324 e. The number of rotatable bonds is 5. The zero-order chi connectivity index (χ0) is 21.0. The third kappa shape index (κ3) is 5.39. The van der Waals surface area contributed by atoms with Crippen LogP contribution in [0, 0.1) is 26.6 Å². The number of urea groups is 1. The Morgan fingerprint density at radius 3 is 2.21 bits per heavy atom. The number of hydrogen-bond donors (Lipinski definition) is 2. The van der Waals surface area contributed by atoms with Crippen molar-refractivity contribution >= 4 is 34.1 Å². The Labute approximate surface area is 166 Å². The van der Waals surface area contributed by atoms with E-state index in [1.807, 2.05) is 32.9 Å². The number of aryl methyl sites for hydroxylation is 3. The number of likely N-dealkylation sites (N-methyl/N-ethyl adjacent to an activating group) is 1. The van der Waals surface area contributed by atoms with Gasteiger partial charge in [0.1, 0.15) is 12.4 Å². The maximum atomic E-state index is 13.9. The molecule has 2 N–H and O–H groups in total. The maximum absolute atomic E-state index is 13.9. The number of nitrogens with zero attached hydrogens (tertiary/aromatic N) is 1. The van der Waals surface area contributed by atoms with E-state index in [0.29, 0.717) is 0 Å². The Morgan fingerprint density at radius 2 is 1.68 bits per heavy atom. The molecule has 150 valence electrons. The van der Waals surface area contributed by atoms with E-state index in [4.69, 9.17) is 0 Å². The molecular weight excluding hydrogens is 381 g/mol. The van der Waals surface area contributed by atoms with E-state index in [-0.39, 0.29) is 23.0 Å². The monoisotopic (exact) mass is 405 g/mol. The zero-order valence-corrected chi connectivity index (χ0v) is 17.4. The number of carbonyl (C=O) groups excluding carboxylic acids is 2. The molecule has 2 rings (SSSR count). The summed E-state index contributed by atoms with van der Waals surface area (Å²) in [5.74, 6) is -1.00. The lowest BCUT2D eigenvalue weighted by atomic mass is 10.1. The van der Waals surface area contributed by atoms with Gasteiger partial charge in [-0.3, -0.25) is 9.00 Å². The van der Waals surface area contributed by atoms with Crippen LogP contribution in [0.1, 0.15) is 16.7 Å². The molecule has 1 atom stereocenters. The van der Waals surface area contributed by atoms with Crippen LogP contribution in [0.4, 0.5) is 20.6 Å². The summed E-state index contributed by atoms with van der Waals surface area (Å²) in [6.45, 7) is 5.64. The van der Waals surface area contributed by atoms with Crippen molar-refractivity contribution in [1.82, 2.24) is 4.90 Å². The van der Waals surface area contributed by atoms with Crippen LogP contribution in [0.25, 0.3) is 0 Å². The highest BCUT2D eigenvalue weighted by atomic mass is 32.2. The van der Waals surface area contributed by atoms with Crippen LogP contribution in [0.5, 0.6) is 0 Å². The van der Waals surface area contributed by atoms with Crippen LogP contribution in [0.2, 0.25) is 0 Å². The second kappa shape index (κ2) is 8.97. The number of carbonyl (C=O) groups is 2. The molecule has 0 aliphatic heterocycles. The molecule has 0 aromatic heterocycles. The summed E-state index contributed by atoms with van der Waals surface area (Å²) >= 11 is 0. The predicted molar refractivity (Wildman–Crippen MR) is 110 cm³/mol. The van der Waals surface area contributed by atoms with Crippen molar-refractivity contribution in [2.75, 3.05) is 30.5 Å². The topological polar surface area (TPSA) is 78.5 Å². The van der Waals surface area contributed by atoms with Crippen LogP contribution in [-0.2, 0) is 15.6 Å². The molecule has 0 saturated carbocycles. The van der Waals surface area contributed by atoms with Crippen molar-refractivity contribution in [1.29, 1.82) is 0 Å². The fourth-order valence-electron chi connectivity index (χ4n) is 2.87. The van der Waals surface area contributed by atoms with Gasteiger partial charge in [-0.2, -0.15) is 0 Å². The first-order valence-corrected chi connectivity index (χ1v) is 10.2. The van der Waals surface area contributed by atoms with Crippen molar-refractivity contribution < 1.29 is 18.2 Å². The first kappa shape index (κ1) is 21.6. The third-order valence-corrected chi connectivity index (χ3v) is 5.11. The minimum atomic E-state index is -1.45. The van der Waals surface area contributed by atoms with E-state index in [1.54, 1.807) is 0 Å². The van der Waals surface area contributed by atoms with E-state index in [9.17, 15) is 18.2 Å². The fourth-order valence-corrected chi connectivity index (χ4v) is 3.47. The SMILES string of the molecule is Cc1cc(C)c(NC(=O)CN(C)C(=O)Nc2ccc([S@@](C)=O)c(F)c2)c(C)c1. The van der Waals surface area contributed by atoms with Crippen LogP contribution in [-0.4, -0.2) is 40.9 Å². The number of anilines is 2. The summed E-state index contributed by atoms with van der Waals surface area (Å²) in [5, 5.41) is 5.35. The van der Waals surface area contributed by atoms with Crippen molar-refractivity contribution in [2.24, 2.45) is 0 Å². The Balaban J connectivity index is 1.99. The molecule has 0 radical (unpaired) electrons. The van der Waals surface area contributed by atoms with Gasteiger partial charge in [-0.05, 0) is 50.1 Å². The normalized spacial score (nSPS) is 11.6. The highest BCUT2D eigenvalue weighted by Gasteiger charge is 2.16. The average Bonchev–Trinajstić information content (AvgIpc) is 2.57. The van der Waals surface area contributed by atoms with Gasteiger partial charge in [0.25, 0.3) is 0 Å². The second-order valence-corrected chi connectivity index (χ2v) is 8.06. The minimum Gasteiger partial charge on any atom is -0.324 e. The second-order valence-electron chi connectivity index (χ2n) is 6.71. The lowest BCUT2D eigenvalue weighted by molar-refractivity contribution is -0.116. The molecule has 0 heterocycles. The molecule has 0 bridgehead atoms. The molecule has 0 saturated heterocycles. The summed E-state index contributed by atoms with van der Waals surface area (Å²) in [6, 6.07) is 7.31. The lowest BCUT2D eigenvalue weighted by Crippen LogP contribution is -2.37. The van der Waals surface area contributed by atoms with Crippen molar-refractivity contribution in [3.63, 3.8) is 0 Å². The standard InChI is InChI=1S/C20H24FN3O3S/c1-12-8-13(2)19(14(3)9-12)23-18(25)11-24(4)20(26)22-15-6-7-17(28(5)27)16(21)10-15/h6-10H,11H2,1-5H3,(H,22,26)(H,23,25)/t28-/m1/s1. The first-order valence-electron chi connectivity index (χ1n) is 8.61. The summed E-state index contributed by atoms with van der Waals surface area (Å²) in [7, 11) is 0.0136. The smallest absolute Gasteiger partial charge is 0.322 e. The van der Waals surface area contributed by atoms with Crippen molar-refractivity contribution in [2.45, 2.75) is 25.7 Å². The molecule has 2 aromatic carbocycles. The molecule has 2 aromatic rings. The van der Waals surface area contributed by atoms with Gasteiger partial charge in [0.05, 0.1) is 15.7 Å². The number of hydrogen-bond acceptors (Lipinski definition) is 3. The van der Waals surface area contributed by atoms with E-state index in [2.05, 4.69) is 10.6 Å². The molecule has 8 heteroatoms. The molecule has 6 nitrogen and oxygen atoms in total. The Bertz CT molecular complexity index is 923. The van der Waals surface area contributed by atoms with Crippen molar-refractivity contribution in [3.05, 3.63) is 52.8 Å². The van der Waals surface area contributed by atoms with Crippen LogP contribution in [0.15, 0.2) is 35.2 Å². The van der Waals surface area contributed by atoms with E-state index >= 15 is 0 Å². The van der Waals surface area contributed by atoms with E-state index < -0.39 is 22.6 Å². The lowest BCUT2D eigenvalue weighted by Gasteiger charge is -2.19. The molecule has 0 aliphatic rings. The predicted octanol–water partition coefficient (Wildman–Crippen LogP) is 3.59. The summed E-state index contributed by atoms with van der Waals surface area (Å²) in [4.78, 5) is 25.8. The van der Waals surface area contributed by atoms with Gasteiger partial charge < -0.3 is 15.5 Å². The Hall–Kier alpha value is -2.74. The third-order valence-electron chi connectivity index (χ3n) is 4.16. The molecule has 0 unspecified atom stereocenters. The summed E-state index contributed by atoms with van der Waals surface area (Å²) in [6.07, 6.45) is 1.38. The molecule has 3 amide bonds. The van der Waals surface area contributed by atoms with Gasteiger partial charge in [0.2, 0.25) is 5.91 Å². The Morgan fingerprint density at radius 1 is 1.07 bits per heavy atom. The van der Waals surface area contributed by atoms with E-state index in [0.717, 1.165) is 28.4 Å². The first-order chi connectivity index (χ1) is 13.1. The minimum absolute atomic E-state index is 0.0644. The quantitative estimate of drug-likeness (QED) is 0.798. The van der Waals surface area contributed by atoms with Gasteiger partial charge in [-0.1, -0.05) is 17.7 Å². The fraction of sp³-hybridized carbons (Fsp3) is 0.300. The zero-order valence-electron chi connectivity index (χ0n) is 16.6. The van der Waals surface area contributed by atoms with Crippen molar-refractivity contribution in [3.8, 4) is 0 Å². The van der Waals surface area contributed by atoms with Crippen LogP contribution < -0.4 is 10.6 Å². The number of benzene rings is 2. The summed E-state index contributed by atoms with van der Waals surface area (Å²) in [5.41, 5.74) is 3.95.